The highest BCUT2D eigenvalue weighted by Gasteiger charge is 2.26. The van der Waals surface area contributed by atoms with Gasteiger partial charge in [0.05, 0.1) is 25.1 Å². The molecule has 0 N–H and O–H groups in total. The maximum Gasteiger partial charge on any atom is 0.336 e. The van der Waals surface area contributed by atoms with Crippen molar-refractivity contribution >= 4 is 13.4 Å². The highest BCUT2D eigenvalue weighted by atomic mass is 31.2. The van der Waals surface area contributed by atoms with Crippen LogP contribution < -0.4 is 0 Å². The van der Waals surface area contributed by atoms with E-state index in [0.29, 0.717) is 24.5 Å². The van der Waals surface area contributed by atoms with Crippen LogP contribution in [0.2, 0.25) is 0 Å². The molecule has 0 atom stereocenters. The first-order valence-electron chi connectivity index (χ1n) is 8.04. The van der Waals surface area contributed by atoms with Crippen LogP contribution in [-0.2, 0) is 26.8 Å². The van der Waals surface area contributed by atoms with E-state index in [1.165, 1.54) is 0 Å². The van der Waals surface area contributed by atoms with E-state index in [-0.39, 0.29) is 11.9 Å². The highest BCUT2D eigenvalue weighted by molar-refractivity contribution is 7.53. The number of benzene rings is 1. The molecular formula is C18H24NO4P. The van der Waals surface area contributed by atoms with E-state index in [0.717, 1.165) is 11.3 Å². The minimum absolute atomic E-state index is 0.0635. The van der Waals surface area contributed by atoms with Crippen LogP contribution in [0, 0.1) is 6.92 Å². The van der Waals surface area contributed by atoms with E-state index in [4.69, 9.17) is 9.05 Å². The van der Waals surface area contributed by atoms with Gasteiger partial charge in [0.1, 0.15) is 0 Å². The summed E-state index contributed by atoms with van der Waals surface area (Å²) in [4.78, 5) is 12.7. The van der Waals surface area contributed by atoms with Gasteiger partial charge in [0, 0.05) is 18.3 Å². The summed E-state index contributed by atoms with van der Waals surface area (Å²) in [5, 5.41) is 0. The standard InChI is InChI=1S/C18H24NO4P/c1-5-22-24(21,23-6-2)13-16-11-12-17(19(16)4)18(20)15-9-7-14(3)8-10-15/h7-12H,5-6,13H2,1-4H3. The summed E-state index contributed by atoms with van der Waals surface area (Å²) in [6.07, 6.45) is 0.145. The molecule has 0 fully saturated rings. The number of hydrogen-bond acceptors (Lipinski definition) is 4. The van der Waals surface area contributed by atoms with Crippen molar-refractivity contribution in [1.82, 2.24) is 4.57 Å². The van der Waals surface area contributed by atoms with E-state index < -0.39 is 7.60 Å². The van der Waals surface area contributed by atoms with Gasteiger partial charge in [-0.05, 0) is 32.9 Å². The lowest BCUT2D eigenvalue weighted by Crippen LogP contribution is -2.10. The van der Waals surface area contributed by atoms with Crippen LogP contribution in [0.25, 0.3) is 0 Å². The summed E-state index contributed by atoms with van der Waals surface area (Å²) in [5.41, 5.74) is 3.03. The molecule has 0 amide bonds. The Morgan fingerprint density at radius 2 is 1.62 bits per heavy atom. The molecule has 6 heteroatoms. The third-order valence-electron chi connectivity index (χ3n) is 3.78. The molecule has 1 aromatic heterocycles. The second-order valence-corrected chi connectivity index (χ2v) is 7.62. The zero-order chi connectivity index (χ0) is 17.7. The Hall–Kier alpha value is -1.68. The van der Waals surface area contributed by atoms with E-state index >= 15 is 0 Å². The molecule has 0 aliphatic rings. The molecule has 0 unspecified atom stereocenters. The number of aryl methyl sites for hydroxylation is 1. The van der Waals surface area contributed by atoms with Crippen LogP contribution in [0.5, 0.6) is 0 Å². The molecule has 130 valence electrons. The van der Waals surface area contributed by atoms with Crippen LogP contribution in [0.3, 0.4) is 0 Å². The molecule has 0 bridgehead atoms. The number of carbonyl (C=O) groups is 1. The molecule has 1 heterocycles. The topological polar surface area (TPSA) is 57.5 Å². The smallest absolute Gasteiger partial charge is 0.336 e. The molecule has 5 nitrogen and oxygen atoms in total. The van der Waals surface area contributed by atoms with Crippen molar-refractivity contribution in [2.75, 3.05) is 13.2 Å². The van der Waals surface area contributed by atoms with Gasteiger partial charge in [-0.1, -0.05) is 29.8 Å². The first kappa shape index (κ1) is 18.7. The van der Waals surface area contributed by atoms with Crippen molar-refractivity contribution < 1.29 is 18.4 Å². The second-order valence-electron chi connectivity index (χ2n) is 5.57. The zero-order valence-corrected chi connectivity index (χ0v) is 15.5. The predicted molar refractivity (Wildman–Crippen MR) is 94.6 cm³/mol. The lowest BCUT2D eigenvalue weighted by Gasteiger charge is -2.17. The number of rotatable bonds is 8. The fourth-order valence-electron chi connectivity index (χ4n) is 2.51. The molecular weight excluding hydrogens is 325 g/mol. The molecule has 2 aromatic rings. The Kier molecular flexibility index (Phi) is 6.16. The average molecular weight is 349 g/mol. The van der Waals surface area contributed by atoms with Crippen molar-refractivity contribution in [1.29, 1.82) is 0 Å². The third-order valence-corrected chi connectivity index (χ3v) is 5.79. The van der Waals surface area contributed by atoms with Crippen LogP contribution in [0.15, 0.2) is 36.4 Å². The predicted octanol–water partition coefficient (Wildman–Crippen LogP) is 4.33. The van der Waals surface area contributed by atoms with Gasteiger partial charge in [-0.15, -0.1) is 0 Å². The number of aromatic nitrogens is 1. The highest BCUT2D eigenvalue weighted by Crippen LogP contribution is 2.51. The molecule has 2 rings (SSSR count). The second kappa shape index (κ2) is 7.93. The van der Waals surface area contributed by atoms with Gasteiger partial charge in [-0.2, -0.15) is 0 Å². The molecule has 0 saturated heterocycles. The Bertz CT molecular complexity index is 739. The number of hydrogen-bond donors (Lipinski definition) is 0. The minimum Gasteiger partial charge on any atom is -0.344 e. The van der Waals surface area contributed by atoms with Crippen molar-refractivity contribution in [3.8, 4) is 0 Å². The van der Waals surface area contributed by atoms with Gasteiger partial charge in [-0.3, -0.25) is 9.36 Å². The van der Waals surface area contributed by atoms with Crippen molar-refractivity contribution in [3.63, 3.8) is 0 Å². The first-order chi connectivity index (χ1) is 11.4. The number of carbonyl (C=O) groups excluding carboxylic acids is 1. The van der Waals surface area contributed by atoms with E-state index in [9.17, 15) is 9.36 Å². The lowest BCUT2D eigenvalue weighted by molar-refractivity contribution is 0.103. The normalized spacial score (nSPS) is 11.7. The van der Waals surface area contributed by atoms with Gasteiger partial charge in [-0.25, -0.2) is 0 Å². The largest absolute Gasteiger partial charge is 0.344 e. The summed E-state index contributed by atoms with van der Waals surface area (Å²) in [6.45, 7) is 6.17. The summed E-state index contributed by atoms with van der Waals surface area (Å²) < 4.78 is 25.1. The van der Waals surface area contributed by atoms with Crippen LogP contribution in [0.1, 0.15) is 41.2 Å². The van der Waals surface area contributed by atoms with Gasteiger partial charge >= 0.3 is 7.60 Å². The number of nitrogens with zero attached hydrogens (tertiary/aromatic N) is 1. The average Bonchev–Trinajstić information content (AvgIpc) is 2.88. The quantitative estimate of drug-likeness (QED) is 0.526. The van der Waals surface area contributed by atoms with Gasteiger partial charge < -0.3 is 13.6 Å². The van der Waals surface area contributed by atoms with E-state index in [1.807, 2.05) is 31.2 Å². The molecule has 0 aliphatic carbocycles. The minimum atomic E-state index is -3.20. The van der Waals surface area contributed by atoms with Crippen molar-refractivity contribution in [2.24, 2.45) is 7.05 Å². The lowest BCUT2D eigenvalue weighted by atomic mass is 10.1. The first-order valence-corrected chi connectivity index (χ1v) is 9.77. The fraction of sp³-hybridized carbons (Fsp3) is 0.389. The zero-order valence-electron chi connectivity index (χ0n) is 14.6. The Morgan fingerprint density at radius 1 is 1.04 bits per heavy atom. The van der Waals surface area contributed by atoms with Crippen LogP contribution in [0.4, 0.5) is 0 Å². The van der Waals surface area contributed by atoms with Crippen LogP contribution >= 0.6 is 7.60 Å². The molecule has 1 aromatic carbocycles. The summed E-state index contributed by atoms with van der Waals surface area (Å²) in [5.74, 6) is -0.0635. The summed E-state index contributed by atoms with van der Waals surface area (Å²) >= 11 is 0. The SMILES string of the molecule is CCOP(=O)(Cc1ccc(C(=O)c2ccc(C)cc2)n1C)OCC. The Morgan fingerprint density at radius 3 is 2.17 bits per heavy atom. The maximum atomic E-state index is 12.7. The molecule has 24 heavy (non-hydrogen) atoms. The fourth-order valence-corrected chi connectivity index (χ4v) is 4.27. The van der Waals surface area contributed by atoms with E-state index in [1.54, 1.807) is 37.6 Å². The van der Waals surface area contributed by atoms with Gasteiger partial charge in [0.15, 0.2) is 0 Å². The summed E-state index contributed by atoms with van der Waals surface area (Å²) in [6, 6.07) is 11.0. The summed E-state index contributed by atoms with van der Waals surface area (Å²) in [7, 11) is -1.41. The van der Waals surface area contributed by atoms with Crippen molar-refractivity contribution in [3.05, 3.63) is 58.9 Å². The third kappa shape index (κ3) is 4.23. The maximum absolute atomic E-state index is 12.7. The molecule has 0 aliphatic heterocycles. The molecule has 0 radical (unpaired) electrons. The molecule has 0 spiro atoms. The number of ketones is 1. The van der Waals surface area contributed by atoms with Gasteiger partial charge in [0.2, 0.25) is 5.78 Å². The van der Waals surface area contributed by atoms with Crippen molar-refractivity contribution in [2.45, 2.75) is 26.9 Å². The molecule has 0 saturated carbocycles. The van der Waals surface area contributed by atoms with Crippen LogP contribution in [-0.4, -0.2) is 23.6 Å². The van der Waals surface area contributed by atoms with E-state index in [2.05, 4.69) is 0 Å². The van der Waals surface area contributed by atoms with Gasteiger partial charge in [0.25, 0.3) is 0 Å². The Labute approximate surface area is 143 Å². The monoisotopic (exact) mass is 349 g/mol. The Balaban J connectivity index is 2.26.